The van der Waals surface area contributed by atoms with Crippen molar-refractivity contribution >= 4 is 23.2 Å². The first kappa shape index (κ1) is 19.0. The summed E-state index contributed by atoms with van der Waals surface area (Å²) < 4.78 is 0. The first-order valence-corrected chi connectivity index (χ1v) is 9.41. The summed E-state index contributed by atoms with van der Waals surface area (Å²) in [7, 11) is 2.01. The molecule has 0 spiro atoms. The van der Waals surface area contributed by atoms with Crippen molar-refractivity contribution in [3.05, 3.63) is 59.7 Å². The molecule has 2 aromatic carbocycles. The van der Waals surface area contributed by atoms with E-state index in [1.165, 1.54) is 5.56 Å². The van der Waals surface area contributed by atoms with Gasteiger partial charge in [-0.15, -0.1) is 0 Å². The van der Waals surface area contributed by atoms with Gasteiger partial charge in [0.05, 0.1) is 5.92 Å². The van der Waals surface area contributed by atoms with Crippen LogP contribution in [-0.4, -0.2) is 36.9 Å². The van der Waals surface area contributed by atoms with Crippen molar-refractivity contribution in [3.63, 3.8) is 0 Å². The normalized spacial score (nSPS) is 16.5. The van der Waals surface area contributed by atoms with Crippen LogP contribution < -0.4 is 10.2 Å². The summed E-state index contributed by atoms with van der Waals surface area (Å²) in [6, 6.07) is 15.9. The SMILES string of the molecule is CCN(C)c1cccc(NC(=O)C2CC(=O)N(Cc3ccc(C)cc3)C2)c1. The van der Waals surface area contributed by atoms with Crippen LogP contribution in [0.4, 0.5) is 11.4 Å². The van der Waals surface area contributed by atoms with Gasteiger partial charge in [0.2, 0.25) is 11.8 Å². The second kappa shape index (κ2) is 8.25. The quantitative estimate of drug-likeness (QED) is 0.853. The van der Waals surface area contributed by atoms with Gasteiger partial charge in [-0.3, -0.25) is 9.59 Å². The predicted octanol–water partition coefficient (Wildman–Crippen LogP) is 3.44. The van der Waals surface area contributed by atoms with Gasteiger partial charge in [-0.05, 0) is 37.6 Å². The topological polar surface area (TPSA) is 52.7 Å². The highest BCUT2D eigenvalue weighted by Gasteiger charge is 2.34. The van der Waals surface area contributed by atoms with Crippen molar-refractivity contribution < 1.29 is 9.59 Å². The van der Waals surface area contributed by atoms with E-state index in [0.29, 0.717) is 13.1 Å². The standard InChI is InChI=1S/C22H27N3O2/c1-4-24(3)20-7-5-6-19(13-20)23-22(27)18-12-21(26)25(15-18)14-17-10-8-16(2)9-11-17/h5-11,13,18H,4,12,14-15H2,1-3H3,(H,23,27). The molecule has 5 heteroatoms. The molecule has 1 N–H and O–H groups in total. The number of aryl methyl sites for hydroxylation is 1. The molecule has 0 saturated carbocycles. The molecule has 1 fully saturated rings. The van der Waals surface area contributed by atoms with Gasteiger partial charge in [0.1, 0.15) is 0 Å². The summed E-state index contributed by atoms with van der Waals surface area (Å²) in [5.74, 6) is -0.364. The molecule has 3 rings (SSSR count). The van der Waals surface area contributed by atoms with E-state index in [0.717, 1.165) is 23.5 Å². The Labute approximate surface area is 161 Å². The van der Waals surface area contributed by atoms with Gasteiger partial charge in [-0.25, -0.2) is 0 Å². The first-order chi connectivity index (χ1) is 13.0. The van der Waals surface area contributed by atoms with Crippen molar-refractivity contribution in [2.45, 2.75) is 26.8 Å². The molecule has 142 valence electrons. The summed E-state index contributed by atoms with van der Waals surface area (Å²) in [6.45, 7) is 6.03. The Balaban J connectivity index is 1.61. The second-order valence-electron chi connectivity index (χ2n) is 7.21. The third kappa shape index (κ3) is 4.67. The fraction of sp³-hybridized carbons (Fsp3) is 0.364. The number of carbonyl (C=O) groups excluding carboxylic acids is 2. The predicted molar refractivity (Wildman–Crippen MR) is 109 cm³/mol. The Hall–Kier alpha value is -2.82. The van der Waals surface area contributed by atoms with Crippen LogP contribution >= 0.6 is 0 Å². The maximum absolute atomic E-state index is 12.7. The average molecular weight is 365 g/mol. The molecule has 1 atom stereocenters. The zero-order valence-electron chi connectivity index (χ0n) is 16.2. The maximum atomic E-state index is 12.7. The molecule has 1 aliphatic rings. The van der Waals surface area contributed by atoms with Gasteiger partial charge in [0.15, 0.2) is 0 Å². The van der Waals surface area contributed by atoms with Crippen LogP contribution in [0.3, 0.4) is 0 Å². The van der Waals surface area contributed by atoms with E-state index in [4.69, 9.17) is 0 Å². The third-order valence-corrected chi connectivity index (χ3v) is 5.11. The molecular weight excluding hydrogens is 338 g/mol. The summed E-state index contributed by atoms with van der Waals surface area (Å²) in [5.41, 5.74) is 4.10. The number of anilines is 2. The second-order valence-corrected chi connectivity index (χ2v) is 7.21. The van der Waals surface area contributed by atoms with Crippen molar-refractivity contribution in [2.75, 3.05) is 30.4 Å². The summed E-state index contributed by atoms with van der Waals surface area (Å²) >= 11 is 0. The Morgan fingerprint density at radius 3 is 2.67 bits per heavy atom. The number of hydrogen-bond acceptors (Lipinski definition) is 3. The van der Waals surface area contributed by atoms with E-state index in [2.05, 4.69) is 17.1 Å². The van der Waals surface area contributed by atoms with Crippen LogP contribution in [-0.2, 0) is 16.1 Å². The van der Waals surface area contributed by atoms with E-state index in [1.54, 1.807) is 4.90 Å². The molecule has 2 amide bonds. The van der Waals surface area contributed by atoms with E-state index in [9.17, 15) is 9.59 Å². The molecule has 0 aromatic heterocycles. The van der Waals surface area contributed by atoms with Gasteiger partial charge in [0.25, 0.3) is 0 Å². The smallest absolute Gasteiger partial charge is 0.229 e. The third-order valence-electron chi connectivity index (χ3n) is 5.11. The fourth-order valence-corrected chi connectivity index (χ4v) is 3.26. The summed E-state index contributed by atoms with van der Waals surface area (Å²) in [6.07, 6.45) is 0.270. The van der Waals surface area contributed by atoms with Crippen molar-refractivity contribution in [1.29, 1.82) is 0 Å². The minimum atomic E-state index is -0.310. The highest BCUT2D eigenvalue weighted by molar-refractivity contribution is 5.97. The number of likely N-dealkylation sites (tertiary alicyclic amines) is 1. The largest absolute Gasteiger partial charge is 0.375 e. The lowest BCUT2D eigenvalue weighted by atomic mass is 10.1. The van der Waals surface area contributed by atoms with E-state index >= 15 is 0 Å². The van der Waals surface area contributed by atoms with Gasteiger partial charge in [-0.2, -0.15) is 0 Å². The Morgan fingerprint density at radius 1 is 1.22 bits per heavy atom. The Kier molecular flexibility index (Phi) is 5.79. The Morgan fingerprint density at radius 2 is 1.96 bits per heavy atom. The van der Waals surface area contributed by atoms with E-state index < -0.39 is 0 Å². The molecule has 0 bridgehead atoms. The molecule has 27 heavy (non-hydrogen) atoms. The van der Waals surface area contributed by atoms with Crippen LogP contribution in [0, 0.1) is 12.8 Å². The minimum Gasteiger partial charge on any atom is -0.375 e. The Bertz CT molecular complexity index is 817. The molecule has 1 heterocycles. The maximum Gasteiger partial charge on any atom is 0.229 e. The van der Waals surface area contributed by atoms with Crippen molar-refractivity contribution in [1.82, 2.24) is 4.90 Å². The molecular formula is C22H27N3O2. The number of hydrogen-bond donors (Lipinski definition) is 1. The summed E-state index contributed by atoms with van der Waals surface area (Å²) in [4.78, 5) is 28.9. The van der Waals surface area contributed by atoms with Crippen LogP contribution in [0.5, 0.6) is 0 Å². The van der Waals surface area contributed by atoms with Gasteiger partial charge in [0, 0.05) is 44.5 Å². The number of amides is 2. The first-order valence-electron chi connectivity index (χ1n) is 9.41. The van der Waals surface area contributed by atoms with Crippen molar-refractivity contribution in [2.24, 2.45) is 5.92 Å². The van der Waals surface area contributed by atoms with E-state index in [1.807, 2.05) is 62.5 Å². The molecule has 0 aliphatic carbocycles. The molecule has 1 aliphatic heterocycles. The molecule has 0 radical (unpaired) electrons. The lowest BCUT2D eigenvalue weighted by molar-refractivity contribution is -0.128. The molecule has 2 aromatic rings. The van der Waals surface area contributed by atoms with Crippen LogP contribution in [0.25, 0.3) is 0 Å². The number of carbonyl (C=O) groups is 2. The minimum absolute atomic E-state index is 0.0372. The average Bonchev–Trinajstić information content (AvgIpc) is 3.04. The van der Waals surface area contributed by atoms with Gasteiger partial charge < -0.3 is 15.1 Å². The highest BCUT2D eigenvalue weighted by atomic mass is 16.2. The van der Waals surface area contributed by atoms with E-state index in [-0.39, 0.29) is 24.2 Å². The fourth-order valence-electron chi connectivity index (χ4n) is 3.26. The van der Waals surface area contributed by atoms with Crippen LogP contribution in [0.15, 0.2) is 48.5 Å². The van der Waals surface area contributed by atoms with Gasteiger partial charge in [-0.1, -0.05) is 35.9 Å². The number of nitrogens with zero attached hydrogens (tertiary/aromatic N) is 2. The monoisotopic (exact) mass is 365 g/mol. The lowest BCUT2D eigenvalue weighted by Gasteiger charge is -2.19. The lowest BCUT2D eigenvalue weighted by Crippen LogP contribution is -2.28. The number of benzene rings is 2. The molecule has 5 nitrogen and oxygen atoms in total. The number of nitrogens with one attached hydrogen (secondary N) is 1. The molecule has 1 unspecified atom stereocenters. The van der Waals surface area contributed by atoms with Crippen LogP contribution in [0.1, 0.15) is 24.5 Å². The molecule has 1 saturated heterocycles. The van der Waals surface area contributed by atoms with Crippen LogP contribution in [0.2, 0.25) is 0 Å². The summed E-state index contributed by atoms with van der Waals surface area (Å²) in [5, 5.41) is 2.97. The van der Waals surface area contributed by atoms with Gasteiger partial charge >= 0.3 is 0 Å². The van der Waals surface area contributed by atoms with Crippen molar-refractivity contribution in [3.8, 4) is 0 Å². The zero-order valence-corrected chi connectivity index (χ0v) is 16.2. The zero-order chi connectivity index (χ0) is 19.4. The number of rotatable bonds is 6. The highest BCUT2D eigenvalue weighted by Crippen LogP contribution is 2.23.